The zero-order valence-corrected chi connectivity index (χ0v) is 23.1. The predicted octanol–water partition coefficient (Wildman–Crippen LogP) is 6.38. The Morgan fingerprint density at radius 2 is 1.52 bits per heavy atom. The number of hydrogen-bond acceptors (Lipinski definition) is 6. The molecule has 9 nitrogen and oxygen atoms in total. The second kappa shape index (κ2) is 15.2. The summed E-state index contributed by atoms with van der Waals surface area (Å²) in [6, 6.07) is 20.6. The minimum atomic E-state index is -5.08. The van der Waals surface area contributed by atoms with Crippen molar-refractivity contribution in [2.24, 2.45) is 0 Å². The Hall–Kier alpha value is -4.18. The summed E-state index contributed by atoms with van der Waals surface area (Å²) in [4.78, 5) is 30.0. The number of carboxylic acids is 2. The third-order valence-corrected chi connectivity index (χ3v) is 5.47. The fourth-order valence-electron chi connectivity index (χ4n) is 3.02. The number of aliphatic carboxylic acids is 2. The van der Waals surface area contributed by atoms with Crippen LogP contribution in [0.25, 0.3) is 22.6 Å². The lowest BCUT2D eigenvalue weighted by molar-refractivity contribution is -0.193. The molecule has 4 rings (SSSR count). The number of hydrogen-bond donors (Lipinski definition) is 4. The molecule has 2 aromatic carbocycles. The summed E-state index contributed by atoms with van der Waals surface area (Å²) >= 11 is 3.42. The maximum Gasteiger partial charge on any atom is 0.490 e. The number of H-pyrrole nitrogens is 1. The SMILES string of the molecule is CC(NCCOc1ccc(-c2nc3cc(Br)cnc3[nH]2)cc1)c1ccccc1.O=C(O)C(F)(F)F.O=C(O)C(F)(F)F. The Labute approximate surface area is 242 Å². The van der Waals surface area contributed by atoms with Crippen molar-refractivity contribution in [2.45, 2.75) is 25.3 Å². The van der Waals surface area contributed by atoms with Crippen LogP contribution in [0.1, 0.15) is 18.5 Å². The first kappa shape index (κ1) is 34.0. The van der Waals surface area contributed by atoms with Crippen molar-refractivity contribution in [1.82, 2.24) is 20.3 Å². The quantitative estimate of drug-likeness (QED) is 0.132. The Bertz CT molecular complexity index is 1420. The molecule has 0 spiro atoms. The van der Waals surface area contributed by atoms with Gasteiger partial charge in [0.15, 0.2) is 5.65 Å². The second-order valence-corrected chi connectivity index (χ2v) is 9.09. The molecule has 16 heteroatoms. The van der Waals surface area contributed by atoms with E-state index in [9.17, 15) is 26.3 Å². The molecule has 1 unspecified atom stereocenters. The highest BCUT2D eigenvalue weighted by atomic mass is 79.9. The summed E-state index contributed by atoms with van der Waals surface area (Å²) in [7, 11) is 0. The first-order valence-electron chi connectivity index (χ1n) is 11.7. The molecule has 1 atom stereocenters. The molecule has 0 aliphatic heterocycles. The molecular weight excluding hydrogens is 642 g/mol. The molecule has 42 heavy (non-hydrogen) atoms. The highest BCUT2D eigenvalue weighted by Gasteiger charge is 2.38. The third-order valence-electron chi connectivity index (χ3n) is 5.04. The summed E-state index contributed by atoms with van der Waals surface area (Å²) < 4.78 is 70.2. The standard InChI is InChI=1S/C22H21BrN4O.2C2HF3O2/c1-15(16-5-3-2-4-6-16)24-11-12-28-19-9-7-17(8-10-19)21-26-20-13-18(23)14-25-22(20)27-21;2*3-2(4,5)1(6)7/h2-10,13-15,24H,11-12H2,1H3,(H,25,26,27);2*(H,6,7). The van der Waals surface area contributed by atoms with Crippen molar-refractivity contribution in [3.05, 3.63) is 76.9 Å². The zero-order valence-electron chi connectivity index (χ0n) is 21.5. The minimum Gasteiger partial charge on any atom is -0.492 e. The molecule has 0 fully saturated rings. The number of benzene rings is 2. The van der Waals surface area contributed by atoms with Crippen LogP contribution in [0.15, 0.2) is 71.3 Å². The van der Waals surface area contributed by atoms with E-state index < -0.39 is 24.3 Å². The first-order chi connectivity index (χ1) is 19.6. The number of rotatable bonds is 7. The van der Waals surface area contributed by atoms with E-state index in [0.717, 1.165) is 39.3 Å². The lowest BCUT2D eigenvalue weighted by Crippen LogP contribution is -2.24. The van der Waals surface area contributed by atoms with Crippen LogP contribution >= 0.6 is 15.9 Å². The highest BCUT2D eigenvalue weighted by Crippen LogP contribution is 2.23. The van der Waals surface area contributed by atoms with E-state index in [1.807, 2.05) is 36.4 Å². The van der Waals surface area contributed by atoms with Gasteiger partial charge in [-0.2, -0.15) is 26.3 Å². The molecular formula is C26H23BrF6N4O5. The van der Waals surface area contributed by atoms with Gasteiger partial charge in [-0.25, -0.2) is 19.6 Å². The smallest absolute Gasteiger partial charge is 0.490 e. The number of aromatic amines is 1. The average Bonchev–Trinajstić information content (AvgIpc) is 3.35. The van der Waals surface area contributed by atoms with E-state index in [1.54, 1.807) is 6.20 Å². The Kier molecular flexibility index (Phi) is 12.3. The fraction of sp³-hybridized carbons (Fsp3) is 0.231. The molecule has 0 amide bonds. The van der Waals surface area contributed by atoms with E-state index in [1.165, 1.54) is 5.56 Å². The maximum absolute atomic E-state index is 10.6. The van der Waals surface area contributed by atoms with Gasteiger partial charge in [-0.3, -0.25) is 0 Å². The van der Waals surface area contributed by atoms with Crippen LogP contribution in [-0.2, 0) is 9.59 Å². The van der Waals surface area contributed by atoms with Gasteiger partial charge in [0, 0.05) is 28.8 Å². The van der Waals surface area contributed by atoms with Crippen molar-refractivity contribution in [1.29, 1.82) is 0 Å². The summed E-state index contributed by atoms with van der Waals surface area (Å²) in [5.74, 6) is -3.87. The number of ether oxygens (including phenoxy) is 1. The van der Waals surface area contributed by atoms with Gasteiger partial charge in [0.25, 0.3) is 0 Å². The number of imidazole rings is 1. The van der Waals surface area contributed by atoms with Crippen molar-refractivity contribution >= 4 is 39.0 Å². The summed E-state index contributed by atoms with van der Waals surface area (Å²) in [5, 5.41) is 17.7. The Morgan fingerprint density at radius 3 is 2.05 bits per heavy atom. The lowest BCUT2D eigenvalue weighted by Gasteiger charge is -2.14. The summed E-state index contributed by atoms with van der Waals surface area (Å²) in [6.45, 7) is 3.55. The van der Waals surface area contributed by atoms with E-state index in [4.69, 9.17) is 24.5 Å². The van der Waals surface area contributed by atoms with Gasteiger partial charge < -0.3 is 25.3 Å². The van der Waals surface area contributed by atoms with Crippen LogP contribution in [0.2, 0.25) is 0 Å². The van der Waals surface area contributed by atoms with Crippen LogP contribution in [0.4, 0.5) is 26.3 Å². The number of carbonyl (C=O) groups is 2. The molecule has 0 saturated carbocycles. The number of nitrogens with one attached hydrogen (secondary N) is 2. The topological polar surface area (TPSA) is 137 Å². The number of nitrogens with zero attached hydrogens (tertiary/aromatic N) is 2. The number of fused-ring (bicyclic) bond motifs is 1. The van der Waals surface area contributed by atoms with Gasteiger partial charge in [0.05, 0.1) is 0 Å². The lowest BCUT2D eigenvalue weighted by atomic mass is 10.1. The van der Waals surface area contributed by atoms with Crippen LogP contribution < -0.4 is 10.1 Å². The van der Waals surface area contributed by atoms with Crippen LogP contribution in [0.5, 0.6) is 5.75 Å². The molecule has 0 aliphatic rings. The number of alkyl halides is 6. The largest absolute Gasteiger partial charge is 0.492 e. The number of carboxylic acid groups (broad SMARTS) is 2. The van der Waals surface area contributed by atoms with E-state index >= 15 is 0 Å². The summed E-state index contributed by atoms with van der Waals surface area (Å²) in [5.41, 5.74) is 3.89. The van der Waals surface area contributed by atoms with Crippen LogP contribution in [-0.4, -0.2) is 62.6 Å². The molecule has 226 valence electrons. The second-order valence-electron chi connectivity index (χ2n) is 8.17. The number of pyridine rings is 1. The molecule has 4 N–H and O–H groups in total. The molecule has 4 aromatic rings. The predicted molar refractivity (Wildman–Crippen MR) is 143 cm³/mol. The first-order valence-corrected chi connectivity index (χ1v) is 12.5. The van der Waals surface area contributed by atoms with E-state index in [0.29, 0.717) is 12.6 Å². The van der Waals surface area contributed by atoms with Crippen LogP contribution in [0, 0.1) is 0 Å². The molecule has 0 saturated heterocycles. The normalized spacial score (nSPS) is 11.9. The van der Waals surface area contributed by atoms with Crippen molar-refractivity contribution < 1.29 is 50.9 Å². The Morgan fingerprint density at radius 1 is 0.976 bits per heavy atom. The van der Waals surface area contributed by atoms with Crippen LogP contribution in [0.3, 0.4) is 0 Å². The molecule has 0 aliphatic carbocycles. The fourth-order valence-corrected chi connectivity index (χ4v) is 3.34. The van der Waals surface area contributed by atoms with E-state index in [-0.39, 0.29) is 0 Å². The van der Waals surface area contributed by atoms with Crippen molar-refractivity contribution in [3.8, 4) is 17.1 Å². The number of halogens is 7. The molecule has 0 bridgehead atoms. The molecule has 2 heterocycles. The van der Waals surface area contributed by atoms with E-state index in [2.05, 4.69) is 67.4 Å². The number of aromatic nitrogens is 3. The maximum atomic E-state index is 10.6. The molecule has 2 aromatic heterocycles. The van der Waals surface area contributed by atoms with Gasteiger partial charge in [-0.05, 0) is 58.7 Å². The zero-order chi connectivity index (χ0) is 31.5. The monoisotopic (exact) mass is 664 g/mol. The van der Waals surface area contributed by atoms with Crippen molar-refractivity contribution in [3.63, 3.8) is 0 Å². The third kappa shape index (κ3) is 11.4. The van der Waals surface area contributed by atoms with Crippen molar-refractivity contribution in [2.75, 3.05) is 13.2 Å². The Balaban J connectivity index is 0.000000367. The minimum absolute atomic E-state index is 0.300. The average molecular weight is 665 g/mol. The van der Waals surface area contributed by atoms with Gasteiger partial charge in [-0.15, -0.1) is 0 Å². The highest BCUT2D eigenvalue weighted by molar-refractivity contribution is 9.10. The van der Waals surface area contributed by atoms with Gasteiger partial charge >= 0.3 is 24.3 Å². The van der Waals surface area contributed by atoms with Gasteiger partial charge in [0.2, 0.25) is 0 Å². The van der Waals surface area contributed by atoms with Gasteiger partial charge in [0.1, 0.15) is 23.7 Å². The summed E-state index contributed by atoms with van der Waals surface area (Å²) in [6.07, 6.45) is -8.41. The molecule has 0 radical (unpaired) electrons. The van der Waals surface area contributed by atoms with Gasteiger partial charge in [-0.1, -0.05) is 30.3 Å².